The van der Waals surface area contributed by atoms with E-state index in [-0.39, 0.29) is 12.0 Å². The van der Waals surface area contributed by atoms with Crippen LogP contribution in [0.15, 0.2) is 28.7 Å². The van der Waals surface area contributed by atoms with E-state index in [1.54, 1.807) is 4.90 Å². The maximum absolute atomic E-state index is 13.3. The molecule has 1 saturated carbocycles. The third-order valence-corrected chi connectivity index (χ3v) is 6.49. The molecule has 1 fully saturated rings. The van der Waals surface area contributed by atoms with Crippen molar-refractivity contribution in [1.29, 1.82) is 0 Å². The third kappa shape index (κ3) is 3.35. The Morgan fingerprint density at radius 3 is 2.68 bits per heavy atom. The summed E-state index contributed by atoms with van der Waals surface area (Å²) in [4.78, 5) is 15.1. The van der Waals surface area contributed by atoms with Gasteiger partial charge >= 0.3 is 0 Å². The number of aryl methyl sites for hydroxylation is 1. The summed E-state index contributed by atoms with van der Waals surface area (Å²) in [6, 6.07) is 8.05. The molecule has 1 amide bonds. The first-order valence-electron chi connectivity index (χ1n) is 10.4. The Labute approximate surface area is 168 Å². The van der Waals surface area contributed by atoms with Gasteiger partial charge in [-0.1, -0.05) is 45.4 Å². The highest BCUT2D eigenvalue weighted by Crippen LogP contribution is 2.50. The second-order valence-corrected chi connectivity index (χ2v) is 8.61. The van der Waals surface area contributed by atoms with Crippen LogP contribution < -0.4 is 5.73 Å². The molecule has 0 saturated heterocycles. The summed E-state index contributed by atoms with van der Waals surface area (Å²) in [5.74, 6) is 0.953. The number of hydrogen-bond acceptors (Lipinski definition) is 4. The Kier molecular flexibility index (Phi) is 5.87. The van der Waals surface area contributed by atoms with E-state index in [4.69, 9.17) is 14.9 Å². The lowest BCUT2D eigenvalue weighted by Crippen LogP contribution is -2.75. The molecule has 0 spiro atoms. The minimum atomic E-state index is -0.898. The van der Waals surface area contributed by atoms with E-state index in [1.165, 1.54) is 0 Å². The molecule has 2 aromatic rings. The molecule has 154 valence electrons. The zero-order valence-corrected chi connectivity index (χ0v) is 17.9. The Hall–Kier alpha value is -1.85. The molecule has 5 nitrogen and oxygen atoms in total. The van der Waals surface area contributed by atoms with Crippen molar-refractivity contribution in [2.75, 3.05) is 13.7 Å². The fourth-order valence-electron chi connectivity index (χ4n) is 4.31. The highest BCUT2D eigenvalue weighted by molar-refractivity contribution is 5.89. The average molecular weight is 387 g/mol. The molecule has 1 aliphatic rings. The van der Waals surface area contributed by atoms with Gasteiger partial charge in [0, 0.05) is 49.4 Å². The van der Waals surface area contributed by atoms with Crippen molar-refractivity contribution in [1.82, 2.24) is 4.90 Å². The molecule has 0 bridgehead atoms. The van der Waals surface area contributed by atoms with E-state index >= 15 is 0 Å². The molecule has 1 aromatic heterocycles. The number of unbranched alkanes of at least 4 members (excludes halogenated alkanes) is 1. The lowest BCUT2D eigenvalue weighted by molar-refractivity contribution is -0.178. The number of amides is 1. The average Bonchev–Trinajstić information content (AvgIpc) is 3.02. The second-order valence-electron chi connectivity index (χ2n) is 8.61. The summed E-state index contributed by atoms with van der Waals surface area (Å²) < 4.78 is 11.9. The summed E-state index contributed by atoms with van der Waals surface area (Å²) in [7, 11) is 1.84. The molecule has 28 heavy (non-hydrogen) atoms. The van der Waals surface area contributed by atoms with Gasteiger partial charge in [0.05, 0.1) is 6.10 Å². The maximum Gasteiger partial charge on any atom is 0.243 e. The molecule has 0 radical (unpaired) electrons. The Bertz CT molecular complexity index is 841. The summed E-state index contributed by atoms with van der Waals surface area (Å²) >= 11 is 0. The van der Waals surface area contributed by atoms with Crippen LogP contribution in [0.3, 0.4) is 0 Å². The summed E-state index contributed by atoms with van der Waals surface area (Å²) in [5.41, 5.74) is 7.30. The van der Waals surface area contributed by atoms with Crippen LogP contribution in [0.5, 0.6) is 0 Å². The Balaban J connectivity index is 1.83. The third-order valence-electron chi connectivity index (χ3n) is 6.49. The van der Waals surface area contributed by atoms with E-state index in [0.29, 0.717) is 19.6 Å². The van der Waals surface area contributed by atoms with Crippen LogP contribution in [-0.2, 0) is 22.5 Å². The number of carbonyl (C=O) groups excluding carboxylic acids is 1. The van der Waals surface area contributed by atoms with Gasteiger partial charge in [0.15, 0.2) is 0 Å². The number of hydrogen-bond donors (Lipinski definition) is 1. The number of carbonyl (C=O) groups is 1. The Morgan fingerprint density at radius 2 is 2.04 bits per heavy atom. The molecular formula is C23H34N2O3. The first-order valence-corrected chi connectivity index (χ1v) is 10.4. The number of fused-ring (bicyclic) bond motifs is 1. The van der Waals surface area contributed by atoms with Gasteiger partial charge in [-0.3, -0.25) is 4.79 Å². The number of furan rings is 1. The Morgan fingerprint density at radius 1 is 1.32 bits per heavy atom. The zero-order valence-electron chi connectivity index (χ0n) is 17.9. The number of nitrogens with zero attached hydrogens (tertiary/aromatic N) is 1. The fourth-order valence-corrected chi connectivity index (χ4v) is 4.31. The summed E-state index contributed by atoms with van der Waals surface area (Å²) in [6.07, 6.45) is 3.63. The zero-order chi connectivity index (χ0) is 20.5. The normalized spacial score (nSPS) is 23.6. The summed E-state index contributed by atoms with van der Waals surface area (Å²) in [5, 5.41) is 1.08. The maximum atomic E-state index is 13.3. The first-order chi connectivity index (χ1) is 13.3. The standard InChI is InChI=1S/C23H34N2O3/c1-6-8-12-19-17(16-11-9-10-13-18(16)28-19)15-25(5)21(26)23(24)14-20(27-7-2)22(23,3)4/h9-11,13,20H,6-8,12,14-15,24H2,1-5H3. The van der Waals surface area contributed by atoms with E-state index in [2.05, 4.69) is 13.0 Å². The molecular weight excluding hydrogens is 352 g/mol. The lowest BCUT2D eigenvalue weighted by Gasteiger charge is -2.58. The van der Waals surface area contributed by atoms with E-state index in [9.17, 15) is 4.79 Å². The highest BCUT2D eigenvalue weighted by atomic mass is 16.5. The van der Waals surface area contributed by atoms with Crippen LogP contribution in [0.4, 0.5) is 0 Å². The van der Waals surface area contributed by atoms with Gasteiger partial charge in [-0.2, -0.15) is 0 Å². The molecule has 3 rings (SSSR count). The van der Waals surface area contributed by atoms with Gasteiger partial charge in [-0.25, -0.2) is 0 Å². The minimum Gasteiger partial charge on any atom is -0.461 e. The quantitative estimate of drug-likeness (QED) is 0.736. The van der Waals surface area contributed by atoms with Gasteiger partial charge in [0.2, 0.25) is 5.91 Å². The smallest absolute Gasteiger partial charge is 0.243 e. The van der Waals surface area contributed by atoms with Gasteiger partial charge < -0.3 is 19.8 Å². The molecule has 1 aliphatic carbocycles. The minimum absolute atomic E-state index is 0.0229. The molecule has 1 aromatic carbocycles. The van der Waals surface area contributed by atoms with Crippen molar-refractivity contribution >= 4 is 16.9 Å². The van der Waals surface area contributed by atoms with Crippen LogP contribution in [-0.4, -0.2) is 36.1 Å². The molecule has 2 unspecified atom stereocenters. The van der Waals surface area contributed by atoms with E-state index in [0.717, 1.165) is 41.6 Å². The van der Waals surface area contributed by atoms with Crippen LogP contribution in [0, 0.1) is 5.41 Å². The van der Waals surface area contributed by atoms with Crippen molar-refractivity contribution in [2.24, 2.45) is 11.1 Å². The van der Waals surface area contributed by atoms with Gasteiger partial charge in [0.25, 0.3) is 0 Å². The second kappa shape index (κ2) is 7.88. The van der Waals surface area contributed by atoms with Crippen LogP contribution in [0.1, 0.15) is 58.3 Å². The van der Waals surface area contributed by atoms with Crippen LogP contribution in [0.2, 0.25) is 0 Å². The SMILES string of the molecule is CCCCc1oc2ccccc2c1CN(C)C(=O)C1(N)CC(OCC)C1(C)C. The highest BCUT2D eigenvalue weighted by Gasteiger charge is 2.63. The van der Waals surface area contributed by atoms with Gasteiger partial charge in [-0.05, 0) is 19.4 Å². The van der Waals surface area contributed by atoms with Crippen LogP contribution in [0.25, 0.3) is 11.0 Å². The van der Waals surface area contributed by atoms with E-state index in [1.807, 2.05) is 46.0 Å². The first kappa shape index (κ1) is 20.9. The predicted octanol–water partition coefficient (Wildman–Crippen LogP) is 4.27. The molecule has 2 atom stereocenters. The summed E-state index contributed by atoms with van der Waals surface area (Å²) in [6.45, 7) is 9.34. The number of ether oxygens (including phenoxy) is 1. The molecule has 1 heterocycles. The van der Waals surface area contributed by atoms with E-state index < -0.39 is 11.0 Å². The monoisotopic (exact) mass is 386 g/mol. The van der Waals surface area contributed by atoms with Gasteiger partial charge in [0.1, 0.15) is 16.9 Å². The van der Waals surface area contributed by atoms with Crippen molar-refractivity contribution in [3.63, 3.8) is 0 Å². The predicted molar refractivity (Wildman–Crippen MR) is 112 cm³/mol. The topological polar surface area (TPSA) is 68.7 Å². The number of nitrogens with two attached hydrogens (primary N) is 1. The van der Waals surface area contributed by atoms with Crippen molar-refractivity contribution in [3.8, 4) is 0 Å². The van der Waals surface area contributed by atoms with Crippen LogP contribution >= 0.6 is 0 Å². The van der Waals surface area contributed by atoms with Crippen molar-refractivity contribution in [2.45, 2.75) is 71.6 Å². The molecule has 5 heteroatoms. The van der Waals surface area contributed by atoms with Crippen molar-refractivity contribution < 1.29 is 13.9 Å². The number of para-hydroxylation sites is 1. The largest absolute Gasteiger partial charge is 0.461 e. The molecule has 0 aliphatic heterocycles. The van der Waals surface area contributed by atoms with Gasteiger partial charge in [-0.15, -0.1) is 0 Å². The number of likely N-dealkylation sites (N-methyl/N-ethyl adjacent to an activating group) is 1. The molecule has 2 N–H and O–H groups in total. The fraction of sp³-hybridized carbons (Fsp3) is 0.609. The lowest BCUT2D eigenvalue weighted by atomic mass is 9.54. The number of rotatable bonds is 8. The van der Waals surface area contributed by atoms with Crippen molar-refractivity contribution in [3.05, 3.63) is 35.6 Å². The number of benzene rings is 1.